The van der Waals surface area contributed by atoms with Gasteiger partial charge in [-0.15, -0.1) is 0 Å². The molecule has 144 valence electrons. The molecular formula is C20H38N4O. The maximum absolute atomic E-state index is 5.91. The summed E-state index contributed by atoms with van der Waals surface area (Å²) in [6, 6.07) is 0.474. The van der Waals surface area contributed by atoms with Crippen molar-refractivity contribution in [3.63, 3.8) is 0 Å². The molecule has 2 N–H and O–H groups in total. The Morgan fingerprint density at radius 3 is 2.72 bits per heavy atom. The maximum Gasteiger partial charge on any atom is 0.191 e. The van der Waals surface area contributed by atoms with Crippen LogP contribution in [-0.4, -0.2) is 62.3 Å². The smallest absolute Gasteiger partial charge is 0.191 e. The fourth-order valence-corrected chi connectivity index (χ4v) is 4.86. The lowest BCUT2D eigenvalue weighted by atomic mass is 9.57. The lowest BCUT2D eigenvalue weighted by Crippen LogP contribution is -2.68. The minimum atomic E-state index is 0.196. The van der Waals surface area contributed by atoms with Crippen LogP contribution in [0, 0.1) is 17.3 Å². The quantitative estimate of drug-likeness (QED) is 0.439. The number of rotatable bonds is 6. The molecule has 0 amide bonds. The highest BCUT2D eigenvalue weighted by molar-refractivity contribution is 5.80. The van der Waals surface area contributed by atoms with Crippen LogP contribution in [0.25, 0.3) is 0 Å². The van der Waals surface area contributed by atoms with E-state index < -0.39 is 0 Å². The number of fused-ring (bicyclic) bond motifs is 1. The minimum Gasteiger partial charge on any atom is -0.377 e. The SMILES string of the molecule is CCNC(=NCCCN1CCC(C)CC1)NC1C2CCOC2C1(C)C. The number of nitrogens with one attached hydrogen (secondary N) is 2. The molecular weight excluding hydrogens is 312 g/mol. The second-order valence-electron chi connectivity index (χ2n) is 8.83. The van der Waals surface area contributed by atoms with Crippen LogP contribution in [0.15, 0.2) is 4.99 Å². The molecule has 3 fully saturated rings. The zero-order valence-corrected chi connectivity index (χ0v) is 16.7. The van der Waals surface area contributed by atoms with E-state index >= 15 is 0 Å². The monoisotopic (exact) mass is 350 g/mol. The molecule has 2 aliphatic heterocycles. The topological polar surface area (TPSA) is 48.9 Å². The molecule has 3 aliphatic rings. The molecule has 0 radical (unpaired) electrons. The molecule has 3 atom stereocenters. The molecule has 3 unspecified atom stereocenters. The summed E-state index contributed by atoms with van der Waals surface area (Å²) in [5.41, 5.74) is 0.196. The van der Waals surface area contributed by atoms with Gasteiger partial charge in [-0.3, -0.25) is 4.99 Å². The first-order valence-electron chi connectivity index (χ1n) is 10.4. The molecule has 1 saturated carbocycles. The summed E-state index contributed by atoms with van der Waals surface area (Å²) in [6.07, 6.45) is 5.46. The first kappa shape index (κ1) is 19.0. The first-order chi connectivity index (χ1) is 12.0. The third kappa shape index (κ3) is 4.30. The minimum absolute atomic E-state index is 0.196. The van der Waals surface area contributed by atoms with Crippen LogP contribution >= 0.6 is 0 Å². The molecule has 0 spiro atoms. The summed E-state index contributed by atoms with van der Waals surface area (Å²) in [5, 5.41) is 7.13. The lowest BCUT2D eigenvalue weighted by Gasteiger charge is -2.54. The van der Waals surface area contributed by atoms with Crippen molar-refractivity contribution >= 4 is 5.96 Å². The van der Waals surface area contributed by atoms with Crippen LogP contribution in [-0.2, 0) is 4.74 Å². The zero-order valence-electron chi connectivity index (χ0n) is 16.7. The molecule has 25 heavy (non-hydrogen) atoms. The van der Waals surface area contributed by atoms with Gasteiger partial charge in [0.15, 0.2) is 5.96 Å². The van der Waals surface area contributed by atoms with E-state index in [-0.39, 0.29) is 5.41 Å². The summed E-state index contributed by atoms with van der Waals surface area (Å²) in [5.74, 6) is 2.54. The Balaban J connectivity index is 1.45. The second-order valence-corrected chi connectivity index (χ2v) is 8.83. The Kier molecular flexibility index (Phi) is 6.26. The van der Waals surface area contributed by atoms with E-state index in [0.717, 1.165) is 38.0 Å². The number of hydrogen-bond acceptors (Lipinski definition) is 3. The molecule has 0 aromatic heterocycles. The molecule has 2 saturated heterocycles. The van der Waals surface area contributed by atoms with E-state index in [2.05, 4.69) is 43.2 Å². The van der Waals surface area contributed by atoms with Crippen LogP contribution in [0.3, 0.4) is 0 Å². The fourth-order valence-electron chi connectivity index (χ4n) is 4.86. The fraction of sp³-hybridized carbons (Fsp3) is 0.950. The highest BCUT2D eigenvalue weighted by Crippen LogP contribution is 2.52. The van der Waals surface area contributed by atoms with Crippen molar-refractivity contribution in [1.29, 1.82) is 0 Å². The molecule has 1 aliphatic carbocycles. The predicted octanol–water partition coefficient (Wildman–Crippen LogP) is 2.48. The van der Waals surface area contributed by atoms with E-state index in [4.69, 9.17) is 9.73 Å². The summed E-state index contributed by atoms with van der Waals surface area (Å²) in [7, 11) is 0. The zero-order chi connectivity index (χ0) is 17.9. The van der Waals surface area contributed by atoms with Gasteiger partial charge in [-0.05, 0) is 58.2 Å². The first-order valence-corrected chi connectivity index (χ1v) is 10.4. The third-order valence-electron chi connectivity index (χ3n) is 6.52. The molecule has 0 bridgehead atoms. The molecule has 3 rings (SSSR count). The van der Waals surface area contributed by atoms with Crippen molar-refractivity contribution in [1.82, 2.24) is 15.5 Å². The summed E-state index contributed by atoms with van der Waals surface area (Å²) in [4.78, 5) is 7.44. The highest BCUT2D eigenvalue weighted by atomic mass is 16.5. The van der Waals surface area contributed by atoms with Crippen molar-refractivity contribution in [2.45, 2.75) is 65.5 Å². The predicted molar refractivity (Wildman–Crippen MR) is 104 cm³/mol. The van der Waals surface area contributed by atoms with Crippen LogP contribution < -0.4 is 10.6 Å². The summed E-state index contributed by atoms with van der Waals surface area (Å²) in [6.45, 7) is 15.6. The number of hydrogen-bond donors (Lipinski definition) is 2. The van der Waals surface area contributed by atoms with E-state index in [9.17, 15) is 0 Å². The average Bonchev–Trinajstić information content (AvgIpc) is 3.05. The van der Waals surface area contributed by atoms with Crippen molar-refractivity contribution in [3.8, 4) is 0 Å². The summed E-state index contributed by atoms with van der Waals surface area (Å²) >= 11 is 0. The lowest BCUT2D eigenvalue weighted by molar-refractivity contribution is -0.106. The molecule has 0 aromatic carbocycles. The maximum atomic E-state index is 5.91. The Bertz CT molecular complexity index is 457. The van der Waals surface area contributed by atoms with E-state index in [0.29, 0.717) is 18.1 Å². The summed E-state index contributed by atoms with van der Waals surface area (Å²) < 4.78 is 5.91. The van der Waals surface area contributed by atoms with Crippen LogP contribution in [0.2, 0.25) is 0 Å². The van der Waals surface area contributed by atoms with E-state index in [1.165, 1.54) is 38.9 Å². The van der Waals surface area contributed by atoms with Crippen LogP contribution in [0.4, 0.5) is 0 Å². The Hall–Kier alpha value is -0.810. The van der Waals surface area contributed by atoms with Gasteiger partial charge in [-0.2, -0.15) is 0 Å². The van der Waals surface area contributed by atoms with Gasteiger partial charge < -0.3 is 20.3 Å². The second kappa shape index (κ2) is 8.26. The van der Waals surface area contributed by atoms with Crippen LogP contribution in [0.5, 0.6) is 0 Å². The van der Waals surface area contributed by atoms with Crippen molar-refractivity contribution < 1.29 is 4.74 Å². The number of guanidine groups is 1. The molecule has 2 heterocycles. The van der Waals surface area contributed by atoms with Crippen molar-refractivity contribution in [2.75, 3.05) is 39.3 Å². The average molecular weight is 351 g/mol. The number of likely N-dealkylation sites (tertiary alicyclic amines) is 1. The molecule has 5 nitrogen and oxygen atoms in total. The van der Waals surface area contributed by atoms with E-state index in [1.807, 2.05) is 0 Å². The van der Waals surface area contributed by atoms with Crippen molar-refractivity contribution in [2.24, 2.45) is 22.2 Å². The largest absolute Gasteiger partial charge is 0.377 e. The third-order valence-corrected chi connectivity index (χ3v) is 6.52. The number of nitrogens with zero attached hydrogens (tertiary/aromatic N) is 2. The van der Waals surface area contributed by atoms with Gasteiger partial charge in [0.1, 0.15) is 0 Å². The van der Waals surface area contributed by atoms with Gasteiger partial charge in [0, 0.05) is 37.1 Å². The molecule has 0 aromatic rings. The number of ether oxygens (including phenoxy) is 1. The highest BCUT2D eigenvalue weighted by Gasteiger charge is 2.59. The van der Waals surface area contributed by atoms with Gasteiger partial charge in [0.25, 0.3) is 0 Å². The van der Waals surface area contributed by atoms with Gasteiger partial charge >= 0.3 is 0 Å². The standard InChI is InChI=1S/C20H38N4O/c1-5-21-19(22-10-6-11-24-12-7-15(2)8-13-24)23-17-16-9-14-25-18(16)20(17,3)4/h15-18H,5-14H2,1-4H3,(H2,21,22,23). The van der Waals surface area contributed by atoms with Gasteiger partial charge in [-0.25, -0.2) is 0 Å². The van der Waals surface area contributed by atoms with E-state index in [1.54, 1.807) is 0 Å². The van der Waals surface area contributed by atoms with Crippen LogP contribution in [0.1, 0.15) is 53.4 Å². The number of piperidine rings is 1. The molecule has 5 heteroatoms. The van der Waals surface area contributed by atoms with Crippen molar-refractivity contribution in [3.05, 3.63) is 0 Å². The normalized spacial score (nSPS) is 33.0. The van der Waals surface area contributed by atoms with Gasteiger partial charge in [-0.1, -0.05) is 20.8 Å². The van der Waals surface area contributed by atoms with Gasteiger partial charge in [0.05, 0.1) is 6.10 Å². The number of aliphatic imine (C=N–C) groups is 1. The van der Waals surface area contributed by atoms with Gasteiger partial charge in [0.2, 0.25) is 0 Å². The Morgan fingerprint density at radius 2 is 2.00 bits per heavy atom. The Labute approximate surface area is 154 Å². The Morgan fingerprint density at radius 1 is 1.24 bits per heavy atom.